The maximum absolute atomic E-state index is 10.2. The maximum Gasteiger partial charge on any atom is 0.326 e. The van der Waals surface area contributed by atoms with Crippen molar-refractivity contribution < 1.29 is 25.0 Å². The zero-order valence-electron chi connectivity index (χ0n) is 5.97. The van der Waals surface area contributed by atoms with Crippen molar-refractivity contribution in [1.82, 2.24) is 0 Å². The number of nitrogens with two attached hydrogens (primary N) is 1. The van der Waals surface area contributed by atoms with Crippen LogP contribution in [0.4, 0.5) is 0 Å². The van der Waals surface area contributed by atoms with Crippen molar-refractivity contribution in [1.29, 1.82) is 0 Å². The number of carbonyl (C=O) groups is 2. The number of hydrogen-bond acceptors (Lipinski definition) is 5. The Labute approximate surface area is 67.1 Å². The Hall–Kier alpha value is -1.63. The van der Waals surface area contributed by atoms with Gasteiger partial charge < -0.3 is 21.2 Å². The Morgan fingerprint density at radius 3 is 2.17 bits per heavy atom. The van der Waals surface area contributed by atoms with Crippen molar-refractivity contribution >= 4 is 17.7 Å². The standard InChI is InChI=1S/C5H8N2O5/c6-4(5(10)11)2(7-12)1-3(8)9/h4,12H,1,6H2,(H,8,9)(H,10,11). The van der Waals surface area contributed by atoms with Gasteiger partial charge in [0.25, 0.3) is 0 Å². The van der Waals surface area contributed by atoms with E-state index in [1.54, 1.807) is 0 Å². The van der Waals surface area contributed by atoms with Gasteiger partial charge in [0.1, 0.15) is 6.04 Å². The first-order valence-electron chi connectivity index (χ1n) is 2.90. The van der Waals surface area contributed by atoms with Gasteiger partial charge in [0.15, 0.2) is 0 Å². The minimum Gasteiger partial charge on any atom is -0.481 e. The average Bonchev–Trinajstić information content (AvgIpc) is 1.98. The summed E-state index contributed by atoms with van der Waals surface area (Å²) in [5, 5.41) is 27.1. The van der Waals surface area contributed by atoms with Crippen LogP contribution in [0.2, 0.25) is 0 Å². The number of rotatable bonds is 4. The molecule has 0 aromatic rings. The van der Waals surface area contributed by atoms with Gasteiger partial charge in [0.05, 0.1) is 12.1 Å². The summed E-state index contributed by atoms with van der Waals surface area (Å²) >= 11 is 0. The SMILES string of the molecule is NC(C(=O)O)C(CC(=O)O)=NO. The highest BCUT2D eigenvalue weighted by Gasteiger charge is 2.21. The first kappa shape index (κ1) is 10.4. The Morgan fingerprint density at radius 2 is 1.92 bits per heavy atom. The molecular formula is C5H8N2O5. The van der Waals surface area contributed by atoms with E-state index >= 15 is 0 Å². The molecule has 0 aliphatic heterocycles. The normalized spacial score (nSPS) is 13.9. The van der Waals surface area contributed by atoms with Crippen LogP contribution >= 0.6 is 0 Å². The predicted octanol–water partition coefficient (Wildman–Crippen LogP) is -1.30. The smallest absolute Gasteiger partial charge is 0.326 e. The Bertz CT molecular complexity index is 224. The summed E-state index contributed by atoms with van der Waals surface area (Å²) in [6.45, 7) is 0. The van der Waals surface area contributed by atoms with E-state index in [4.69, 9.17) is 21.2 Å². The maximum atomic E-state index is 10.2. The molecule has 0 aliphatic carbocycles. The second-order valence-electron chi connectivity index (χ2n) is 1.98. The Kier molecular flexibility index (Phi) is 3.71. The monoisotopic (exact) mass is 176 g/mol. The van der Waals surface area contributed by atoms with E-state index in [0.29, 0.717) is 0 Å². The largest absolute Gasteiger partial charge is 0.481 e. The van der Waals surface area contributed by atoms with Crippen LogP contribution in [0, 0.1) is 0 Å². The summed E-state index contributed by atoms with van der Waals surface area (Å²) in [5.41, 5.74) is 4.48. The molecule has 0 aliphatic rings. The third-order valence-corrected chi connectivity index (χ3v) is 1.09. The van der Waals surface area contributed by atoms with Crippen molar-refractivity contribution in [3.05, 3.63) is 0 Å². The molecule has 5 N–H and O–H groups in total. The van der Waals surface area contributed by atoms with Gasteiger partial charge in [-0.15, -0.1) is 0 Å². The molecule has 0 spiro atoms. The molecule has 7 nitrogen and oxygen atoms in total. The van der Waals surface area contributed by atoms with E-state index in [-0.39, 0.29) is 0 Å². The van der Waals surface area contributed by atoms with Crippen LogP contribution in [0.25, 0.3) is 0 Å². The third-order valence-electron chi connectivity index (χ3n) is 1.09. The fraction of sp³-hybridized carbons (Fsp3) is 0.400. The lowest BCUT2D eigenvalue weighted by molar-refractivity contribution is -0.136. The van der Waals surface area contributed by atoms with Crippen LogP contribution in [0.15, 0.2) is 5.16 Å². The molecular weight excluding hydrogens is 168 g/mol. The van der Waals surface area contributed by atoms with Crippen LogP contribution in [0.3, 0.4) is 0 Å². The van der Waals surface area contributed by atoms with Crippen molar-refractivity contribution in [2.24, 2.45) is 10.9 Å². The van der Waals surface area contributed by atoms with Crippen LogP contribution in [0.1, 0.15) is 6.42 Å². The summed E-state index contributed by atoms with van der Waals surface area (Å²) in [6.07, 6.45) is -0.691. The molecule has 0 amide bonds. The predicted molar refractivity (Wildman–Crippen MR) is 37.1 cm³/mol. The molecule has 0 heterocycles. The molecule has 0 fully saturated rings. The quantitative estimate of drug-likeness (QED) is 0.239. The fourth-order valence-electron chi connectivity index (χ4n) is 0.505. The molecule has 0 bridgehead atoms. The van der Waals surface area contributed by atoms with Crippen LogP contribution in [-0.4, -0.2) is 39.1 Å². The average molecular weight is 176 g/mol. The molecule has 1 atom stereocenters. The highest BCUT2D eigenvalue weighted by Crippen LogP contribution is 1.92. The molecule has 0 radical (unpaired) electrons. The molecule has 0 aromatic carbocycles. The number of carboxylic acids is 2. The first-order chi connectivity index (χ1) is 5.49. The number of carboxylic acid groups (broad SMARTS) is 2. The highest BCUT2D eigenvalue weighted by molar-refractivity contribution is 6.10. The second-order valence-corrected chi connectivity index (χ2v) is 1.98. The number of aliphatic carboxylic acids is 2. The zero-order chi connectivity index (χ0) is 9.72. The van der Waals surface area contributed by atoms with Crippen molar-refractivity contribution in [2.45, 2.75) is 12.5 Å². The Morgan fingerprint density at radius 1 is 1.42 bits per heavy atom. The summed E-state index contributed by atoms with van der Waals surface area (Å²) < 4.78 is 0. The van der Waals surface area contributed by atoms with Crippen LogP contribution < -0.4 is 5.73 Å². The van der Waals surface area contributed by atoms with Crippen molar-refractivity contribution in [3.63, 3.8) is 0 Å². The molecule has 0 rings (SSSR count). The highest BCUT2D eigenvalue weighted by atomic mass is 16.4. The van der Waals surface area contributed by atoms with Gasteiger partial charge in [0, 0.05) is 0 Å². The van der Waals surface area contributed by atoms with Gasteiger partial charge in [0.2, 0.25) is 0 Å². The van der Waals surface area contributed by atoms with Gasteiger partial charge in [-0.2, -0.15) is 0 Å². The number of hydrogen-bond donors (Lipinski definition) is 4. The van der Waals surface area contributed by atoms with E-state index in [0.717, 1.165) is 0 Å². The fourth-order valence-corrected chi connectivity index (χ4v) is 0.505. The topological polar surface area (TPSA) is 133 Å². The van der Waals surface area contributed by atoms with E-state index in [2.05, 4.69) is 5.16 Å². The van der Waals surface area contributed by atoms with Crippen molar-refractivity contribution in [3.8, 4) is 0 Å². The van der Waals surface area contributed by atoms with Crippen LogP contribution in [-0.2, 0) is 9.59 Å². The molecule has 0 saturated carbocycles. The van der Waals surface area contributed by atoms with Gasteiger partial charge in [-0.3, -0.25) is 9.59 Å². The van der Waals surface area contributed by atoms with Gasteiger partial charge in [-0.25, -0.2) is 0 Å². The lowest BCUT2D eigenvalue weighted by atomic mass is 10.1. The van der Waals surface area contributed by atoms with Gasteiger partial charge in [-0.1, -0.05) is 5.16 Å². The van der Waals surface area contributed by atoms with Crippen molar-refractivity contribution in [2.75, 3.05) is 0 Å². The third kappa shape index (κ3) is 2.97. The van der Waals surface area contributed by atoms with E-state index in [1.165, 1.54) is 0 Å². The lowest BCUT2D eigenvalue weighted by Crippen LogP contribution is -2.39. The van der Waals surface area contributed by atoms with E-state index < -0.39 is 30.1 Å². The molecule has 0 saturated heterocycles. The molecule has 1 unspecified atom stereocenters. The van der Waals surface area contributed by atoms with Gasteiger partial charge >= 0.3 is 11.9 Å². The summed E-state index contributed by atoms with van der Waals surface area (Å²) in [7, 11) is 0. The summed E-state index contributed by atoms with van der Waals surface area (Å²) in [6, 6.07) is -1.58. The number of oxime groups is 1. The molecule has 7 heteroatoms. The van der Waals surface area contributed by atoms with E-state index in [1.807, 2.05) is 0 Å². The Balaban J connectivity index is 4.37. The minimum atomic E-state index is -1.58. The first-order valence-corrected chi connectivity index (χ1v) is 2.90. The van der Waals surface area contributed by atoms with Gasteiger partial charge in [-0.05, 0) is 0 Å². The lowest BCUT2D eigenvalue weighted by Gasteiger charge is -2.05. The summed E-state index contributed by atoms with van der Waals surface area (Å²) in [5.74, 6) is -2.75. The second kappa shape index (κ2) is 4.29. The molecule has 68 valence electrons. The molecule has 0 aromatic heterocycles. The van der Waals surface area contributed by atoms with E-state index in [9.17, 15) is 9.59 Å². The zero-order valence-corrected chi connectivity index (χ0v) is 5.97. The summed E-state index contributed by atoms with van der Waals surface area (Å²) in [4.78, 5) is 20.2. The molecule has 12 heavy (non-hydrogen) atoms. The minimum absolute atomic E-state index is 0.491. The number of nitrogens with zero attached hydrogens (tertiary/aromatic N) is 1. The van der Waals surface area contributed by atoms with Crippen LogP contribution in [0.5, 0.6) is 0 Å².